The summed E-state index contributed by atoms with van der Waals surface area (Å²) < 4.78 is 7.51. The number of fused-ring (bicyclic) bond motifs is 3. The number of hydrogen-bond donors (Lipinski definition) is 0. The summed E-state index contributed by atoms with van der Waals surface area (Å²) in [5.74, 6) is 2.60. The Morgan fingerprint density at radius 1 is 1.21 bits per heavy atom. The fraction of sp³-hybridized carbons (Fsp3) is 0.577. The molecule has 186 valence electrons. The van der Waals surface area contributed by atoms with Crippen LogP contribution < -0.4 is 17.0 Å². The third kappa shape index (κ3) is 5.40. The topological polar surface area (TPSA) is 29.5 Å². The molecule has 5 heterocycles. The standard InChI is InChI=1S/C26H34ClN2O2S2.BrH/c1-26(24-6-3-15-33-24,28-10-16-32-17-11-28)25(30)31-23-19-29(13-8-21(23)9-14-29)12-7-20-4-2-5-22(27)18-20;/h2-6,15,18,21,23H,7-14,16-17,19H2,1H3;1H/q+1;/p-1/t21?,23-,26?,29?;/m0./s1. The lowest BCUT2D eigenvalue weighted by atomic mass is 9.82. The van der Waals surface area contributed by atoms with Crippen molar-refractivity contribution in [3.8, 4) is 0 Å². The lowest BCUT2D eigenvalue weighted by Gasteiger charge is -2.52. The quantitative estimate of drug-likeness (QED) is 0.368. The van der Waals surface area contributed by atoms with Crippen LogP contribution in [0.1, 0.15) is 30.2 Å². The normalized spacial score (nSPS) is 28.6. The van der Waals surface area contributed by atoms with Crippen LogP contribution in [0, 0.1) is 5.92 Å². The number of benzene rings is 1. The minimum Gasteiger partial charge on any atom is -1.00 e. The van der Waals surface area contributed by atoms with E-state index in [0.717, 1.165) is 71.3 Å². The van der Waals surface area contributed by atoms with Crippen LogP contribution >= 0.6 is 34.7 Å². The van der Waals surface area contributed by atoms with Gasteiger partial charge in [0.15, 0.2) is 11.6 Å². The first kappa shape index (κ1) is 26.5. The summed E-state index contributed by atoms with van der Waals surface area (Å²) in [6.07, 6.45) is 3.36. The molecular formula is C26H34BrClN2O2S2. The number of carbonyl (C=O) groups is 1. The van der Waals surface area contributed by atoms with Crippen LogP contribution in [0.2, 0.25) is 5.02 Å². The minimum absolute atomic E-state index is 0. The molecule has 0 aliphatic carbocycles. The third-order valence-electron chi connectivity index (χ3n) is 8.11. The molecule has 2 aromatic rings. The van der Waals surface area contributed by atoms with Gasteiger partial charge >= 0.3 is 5.97 Å². The van der Waals surface area contributed by atoms with Crippen molar-refractivity contribution in [2.24, 2.45) is 5.92 Å². The van der Waals surface area contributed by atoms with Gasteiger partial charge in [-0.05, 0) is 36.1 Å². The predicted octanol–water partition coefficient (Wildman–Crippen LogP) is 2.06. The first-order chi connectivity index (χ1) is 16.0. The SMILES string of the molecule is CC(C(=O)O[C@H]1C[N+]2(CCc3cccc(Cl)c3)CCC1CC2)(c1cccs1)N1CCSCC1.[Br-]. The molecule has 0 N–H and O–H groups in total. The van der Waals surface area contributed by atoms with Gasteiger partial charge in [0, 0.05) is 59.7 Å². The third-order valence-corrected chi connectivity index (χ3v) is 10.4. The second-order valence-corrected chi connectivity index (χ2v) is 12.6. The van der Waals surface area contributed by atoms with Crippen molar-refractivity contribution in [3.63, 3.8) is 0 Å². The summed E-state index contributed by atoms with van der Waals surface area (Å²) in [4.78, 5) is 17.3. The van der Waals surface area contributed by atoms with Gasteiger partial charge in [0.1, 0.15) is 6.54 Å². The Bertz CT molecular complexity index is 961. The summed E-state index contributed by atoms with van der Waals surface area (Å²) >= 11 is 9.85. The van der Waals surface area contributed by atoms with E-state index in [9.17, 15) is 4.79 Å². The maximum Gasteiger partial charge on any atom is 0.332 e. The molecule has 0 amide bonds. The molecule has 0 radical (unpaired) electrons. The van der Waals surface area contributed by atoms with Gasteiger partial charge in [-0.25, -0.2) is 4.79 Å². The van der Waals surface area contributed by atoms with Crippen molar-refractivity contribution in [1.29, 1.82) is 0 Å². The number of quaternary nitrogens is 1. The van der Waals surface area contributed by atoms with Gasteiger partial charge in [-0.2, -0.15) is 11.8 Å². The summed E-state index contributed by atoms with van der Waals surface area (Å²) in [5.41, 5.74) is 0.608. The van der Waals surface area contributed by atoms with E-state index >= 15 is 0 Å². The highest BCUT2D eigenvalue weighted by Gasteiger charge is 2.51. The van der Waals surface area contributed by atoms with E-state index in [-0.39, 0.29) is 29.1 Å². The van der Waals surface area contributed by atoms with E-state index in [1.54, 1.807) is 11.3 Å². The smallest absolute Gasteiger partial charge is 0.332 e. The van der Waals surface area contributed by atoms with Crippen LogP contribution in [0.3, 0.4) is 0 Å². The van der Waals surface area contributed by atoms with Gasteiger partial charge in [-0.1, -0.05) is 29.8 Å². The first-order valence-corrected chi connectivity index (χ1v) is 14.6. The van der Waals surface area contributed by atoms with Crippen molar-refractivity contribution in [1.82, 2.24) is 4.90 Å². The number of nitrogens with zero attached hydrogens (tertiary/aromatic N) is 2. The van der Waals surface area contributed by atoms with Gasteiger partial charge in [-0.15, -0.1) is 11.3 Å². The van der Waals surface area contributed by atoms with E-state index in [1.807, 2.05) is 23.9 Å². The fourth-order valence-electron chi connectivity index (χ4n) is 5.93. The number of rotatable bonds is 7. The van der Waals surface area contributed by atoms with Crippen molar-refractivity contribution in [2.45, 2.75) is 37.8 Å². The molecule has 4 aliphatic heterocycles. The zero-order valence-corrected chi connectivity index (χ0v) is 23.7. The molecule has 1 aromatic heterocycles. The maximum absolute atomic E-state index is 13.8. The van der Waals surface area contributed by atoms with Gasteiger partial charge < -0.3 is 26.2 Å². The Kier molecular flexibility index (Phi) is 8.74. The van der Waals surface area contributed by atoms with Gasteiger partial charge in [0.2, 0.25) is 0 Å². The summed E-state index contributed by atoms with van der Waals surface area (Å²) in [7, 11) is 0. The summed E-state index contributed by atoms with van der Waals surface area (Å²) in [6, 6.07) is 12.4. The van der Waals surface area contributed by atoms with E-state index in [4.69, 9.17) is 16.3 Å². The Morgan fingerprint density at radius 3 is 2.65 bits per heavy atom. The number of thioether (sulfide) groups is 1. The molecule has 2 atom stereocenters. The highest BCUT2D eigenvalue weighted by Crippen LogP contribution is 2.39. The number of hydrogen-bond acceptors (Lipinski definition) is 5. The fourth-order valence-corrected chi connectivity index (χ4v) is 7.95. The van der Waals surface area contributed by atoms with E-state index in [2.05, 4.69) is 41.5 Å². The molecule has 8 heteroatoms. The molecule has 34 heavy (non-hydrogen) atoms. The minimum atomic E-state index is -0.688. The number of piperidine rings is 3. The maximum atomic E-state index is 13.8. The van der Waals surface area contributed by atoms with Gasteiger partial charge in [0.25, 0.3) is 0 Å². The molecule has 0 saturated carbocycles. The molecule has 4 aliphatic rings. The molecule has 4 nitrogen and oxygen atoms in total. The summed E-state index contributed by atoms with van der Waals surface area (Å²) in [5, 5.41) is 2.88. The molecule has 4 saturated heterocycles. The first-order valence-electron chi connectivity index (χ1n) is 12.2. The Balaban J connectivity index is 0.00000274. The van der Waals surface area contributed by atoms with Crippen molar-refractivity contribution >= 4 is 40.7 Å². The van der Waals surface area contributed by atoms with E-state index < -0.39 is 5.54 Å². The largest absolute Gasteiger partial charge is 1.00 e. The van der Waals surface area contributed by atoms with Crippen molar-refractivity contribution in [2.75, 3.05) is 50.8 Å². The number of thiophene rings is 1. The van der Waals surface area contributed by atoms with Crippen LogP contribution in [-0.2, 0) is 21.5 Å². The van der Waals surface area contributed by atoms with Crippen LogP contribution in [0.4, 0.5) is 0 Å². The number of esters is 1. The Hall–Kier alpha value is -0.570. The van der Waals surface area contributed by atoms with Crippen LogP contribution in [-0.4, -0.2) is 72.2 Å². The molecule has 1 unspecified atom stereocenters. The van der Waals surface area contributed by atoms with Gasteiger partial charge in [-0.3, -0.25) is 4.90 Å². The second-order valence-electron chi connectivity index (χ2n) is 10.0. The van der Waals surface area contributed by atoms with Crippen molar-refractivity contribution < 1.29 is 31.0 Å². The van der Waals surface area contributed by atoms with E-state index in [1.165, 1.54) is 18.7 Å². The van der Waals surface area contributed by atoms with Crippen LogP contribution in [0.15, 0.2) is 41.8 Å². The molecule has 2 bridgehead atoms. The predicted molar refractivity (Wildman–Crippen MR) is 138 cm³/mol. The lowest BCUT2D eigenvalue weighted by Crippen LogP contribution is -3.00. The molecule has 4 fully saturated rings. The number of ether oxygens (including phenoxy) is 1. The second kappa shape index (κ2) is 11.2. The molecular weight excluding hydrogens is 552 g/mol. The Morgan fingerprint density at radius 2 is 1.97 bits per heavy atom. The zero-order chi connectivity index (χ0) is 22.9. The van der Waals surface area contributed by atoms with Crippen molar-refractivity contribution in [3.05, 3.63) is 57.2 Å². The lowest BCUT2D eigenvalue weighted by molar-refractivity contribution is -0.946. The average Bonchev–Trinajstić information content (AvgIpc) is 3.39. The molecule has 0 spiro atoms. The summed E-state index contributed by atoms with van der Waals surface area (Å²) in [6.45, 7) is 8.39. The molecule has 1 aromatic carbocycles. The van der Waals surface area contributed by atoms with Crippen LogP contribution in [0.5, 0.6) is 0 Å². The molecule has 6 rings (SSSR count). The monoisotopic (exact) mass is 584 g/mol. The van der Waals surface area contributed by atoms with Crippen LogP contribution in [0.25, 0.3) is 0 Å². The van der Waals surface area contributed by atoms with E-state index in [0.29, 0.717) is 5.92 Å². The highest BCUT2D eigenvalue weighted by atomic mass is 79.9. The number of carbonyl (C=O) groups excluding carboxylic acids is 1. The zero-order valence-electron chi connectivity index (χ0n) is 19.8. The Labute approximate surface area is 227 Å². The number of halogens is 2. The average molecular weight is 586 g/mol. The van der Waals surface area contributed by atoms with Gasteiger partial charge in [0.05, 0.1) is 19.6 Å². The highest BCUT2D eigenvalue weighted by molar-refractivity contribution is 7.99.